The monoisotopic (exact) mass is 611 g/mol. The number of para-hydroxylation sites is 2. The van der Waals surface area contributed by atoms with Crippen LogP contribution in [0, 0.1) is 18.8 Å². The predicted molar refractivity (Wildman–Crippen MR) is 205 cm³/mol. The van der Waals surface area contributed by atoms with Crippen LogP contribution in [0.5, 0.6) is 0 Å². The lowest BCUT2D eigenvalue weighted by molar-refractivity contribution is 0.458. The largest absolute Gasteiger partial charge is 0.355 e. The highest BCUT2D eigenvalue weighted by molar-refractivity contribution is 6.07. The SMILES string of the molecule is C=C1/C=C\CCC2C=C(c3ccc(-c4ccccc4C)c(-c4ccccc4)c3)C=C1C2C.CC.c1ccc2c(c1)[nH]c1ccccc12. The van der Waals surface area contributed by atoms with Crippen LogP contribution >= 0.6 is 0 Å². The molecule has 5 aromatic carbocycles. The Hall–Kier alpha value is -5.14. The van der Waals surface area contributed by atoms with Gasteiger partial charge in [0.1, 0.15) is 0 Å². The minimum absolute atomic E-state index is 0.524. The molecule has 0 fully saturated rings. The molecule has 0 saturated heterocycles. The number of aryl methyl sites for hydroxylation is 1. The Morgan fingerprint density at radius 3 is 2.00 bits per heavy atom. The van der Waals surface area contributed by atoms with Crippen molar-refractivity contribution in [3.8, 4) is 22.3 Å². The summed E-state index contributed by atoms with van der Waals surface area (Å²) in [5, 5.41) is 2.61. The van der Waals surface area contributed by atoms with Crippen molar-refractivity contribution in [1.82, 2.24) is 4.98 Å². The third kappa shape index (κ3) is 6.71. The quantitative estimate of drug-likeness (QED) is 0.205. The number of hydrogen-bond acceptors (Lipinski definition) is 0. The van der Waals surface area contributed by atoms with E-state index in [9.17, 15) is 0 Å². The van der Waals surface area contributed by atoms with Gasteiger partial charge < -0.3 is 4.98 Å². The van der Waals surface area contributed by atoms with Crippen LogP contribution in [0.2, 0.25) is 0 Å². The van der Waals surface area contributed by atoms with Crippen LogP contribution in [-0.4, -0.2) is 4.98 Å². The van der Waals surface area contributed by atoms with Crippen LogP contribution in [-0.2, 0) is 0 Å². The van der Waals surface area contributed by atoms with Crippen LogP contribution in [0.3, 0.4) is 0 Å². The van der Waals surface area contributed by atoms with Gasteiger partial charge in [0, 0.05) is 21.8 Å². The molecule has 2 bridgehead atoms. The van der Waals surface area contributed by atoms with Crippen LogP contribution in [0.15, 0.2) is 163 Å². The van der Waals surface area contributed by atoms with Gasteiger partial charge in [-0.2, -0.15) is 0 Å². The van der Waals surface area contributed by atoms with Crippen LogP contribution in [0.1, 0.15) is 44.7 Å². The lowest BCUT2D eigenvalue weighted by Crippen LogP contribution is -2.18. The maximum atomic E-state index is 4.36. The third-order valence-electron chi connectivity index (χ3n) is 9.48. The molecule has 1 N–H and O–H groups in total. The summed E-state index contributed by atoms with van der Waals surface area (Å²) in [6, 6.07) is 43.2. The van der Waals surface area contributed by atoms with Gasteiger partial charge in [-0.1, -0.05) is 155 Å². The summed E-state index contributed by atoms with van der Waals surface area (Å²) >= 11 is 0. The molecule has 2 aliphatic rings. The van der Waals surface area contributed by atoms with Crippen molar-refractivity contribution in [3.63, 3.8) is 0 Å². The van der Waals surface area contributed by atoms with Gasteiger partial charge in [0.2, 0.25) is 0 Å². The van der Waals surface area contributed by atoms with Crippen molar-refractivity contribution in [2.45, 2.75) is 40.5 Å². The highest BCUT2D eigenvalue weighted by atomic mass is 14.7. The Bertz CT molecular complexity index is 2050. The first-order chi connectivity index (χ1) is 23.1. The fraction of sp³-hybridized carbons (Fsp3) is 0.174. The van der Waals surface area contributed by atoms with E-state index in [1.807, 2.05) is 13.8 Å². The van der Waals surface area contributed by atoms with Gasteiger partial charge in [-0.15, -0.1) is 0 Å². The van der Waals surface area contributed by atoms with Gasteiger partial charge in [-0.05, 0) is 99.9 Å². The molecule has 1 nitrogen and oxygen atoms in total. The van der Waals surface area contributed by atoms with Gasteiger partial charge in [-0.25, -0.2) is 0 Å². The standard InChI is InChI=1S/C32H30.C12H9N.C2H6/c1-22-11-8-10-16-29(22)30-18-17-27(20-32(30)25-13-5-4-6-14-25)28-19-26-15-9-7-12-23(2)31(21-28)24(26)3;1-3-7-11-9(5-1)10-6-2-4-8-12(10)13-11;1-2/h4-8,10-14,16-21,24,26H,2,9,15H2,1,3H3;1-8,13H;1-2H3/b12-7-;;. The second-order valence-corrected chi connectivity index (χ2v) is 12.3. The Morgan fingerprint density at radius 1 is 0.660 bits per heavy atom. The van der Waals surface area contributed by atoms with Crippen LogP contribution < -0.4 is 0 Å². The molecule has 234 valence electrons. The van der Waals surface area contributed by atoms with E-state index in [1.165, 1.54) is 72.8 Å². The summed E-state index contributed by atoms with van der Waals surface area (Å²) in [6.45, 7) is 12.9. The van der Waals surface area contributed by atoms with E-state index in [0.29, 0.717) is 11.8 Å². The molecule has 47 heavy (non-hydrogen) atoms. The van der Waals surface area contributed by atoms with Crippen molar-refractivity contribution in [2.75, 3.05) is 0 Å². The number of benzene rings is 5. The molecule has 2 unspecified atom stereocenters. The normalized spacial score (nSPS) is 17.7. The maximum Gasteiger partial charge on any atom is 0.0464 e. The number of H-pyrrole nitrogens is 1. The number of nitrogens with one attached hydrogen (secondary N) is 1. The summed E-state index contributed by atoms with van der Waals surface area (Å²) in [7, 11) is 0. The molecule has 6 aromatic rings. The fourth-order valence-corrected chi connectivity index (χ4v) is 6.95. The van der Waals surface area contributed by atoms with Gasteiger partial charge in [0.05, 0.1) is 0 Å². The molecule has 0 aliphatic heterocycles. The molecule has 2 aliphatic carbocycles. The van der Waals surface area contributed by atoms with Crippen molar-refractivity contribution >= 4 is 27.4 Å². The molecule has 0 spiro atoms. The molecule has 0 amide bonds. The van der Waals surface area contributed by atoms with Gasteiger partial charge in [0.25, 0.3) is 0 Å². The summed E-state index contributed by atoms with van der Waals surface area (Å²) in [5.41, 5.74) is 14.0. The number of rotatable bonds is 3. The number of aromatic amines is 1. The lowest BCUT2D eigenvalue weighted by atomic mass is 9.74. The van der Waals surface area contributed by atoms with Crippen LogP contribution in [0.25, 0.3) is 49.6 Å². The minimum Gasteiger partial charge on any atom is -0.355 e. The molecule has 1 heteroatoms. The zero-order chi connectivity index (χ0) is 32.8. The van der Waals surface area contributed by atoms with Crippen molar-refractivity contribution in [3.05, 3.63) is 174 Å². The number of allylic oxidation sites excluding steroid dienone is 7. The Labute approximate surface area is 280 Å². The molecule has 2 atom stereocenters. The fourth-order valence-electron chi connectivity index (χ4n) is 6.95. The van der Waals surface area contributed by atoms with E-state index < -0.39 is 0 Å². The lowest BCUT2D eigenvalue weighted by Gasteiger charge is -2.31. The molecule has 8 rings (SSSR count). The van der Waals surface area contributed by atoms with Crippen molar-refractivity contribution in [1.29, 1.82) is 0 Å². The van der Waals surface area contributed by atoms with Crippen molar-refractivity contribution in [2.24, 2.45) is 11.8 Å². The second kappa shape index (κ2) is 14.5. The number of hydrogen-bond donors (Lipinski definition) is 1. The first kappa shape index (κ1) is 31.8. The molecular formula is C46H45N. The van der Waals surface area contributed by atoms with Gasteiger partial charge in [0.15, 0.2) is 0 Å². The van der Waals surface area contributed by atoms with Crippen molar-refractivity contribution < 1.29 is 0 Å². The first-order valence-corrected chi connectivity index (χ1v) is 17.1. The van der Waals surface area contributed by atoms with Gasteiger partial charge >= 0.3 is 0 Å². The molecular weight excluding hydrogens is 567 g/mol. The average Bonchev–Trinajstić information content (AvgIpc) is 3.51. The Kier molecular flexibility index (Phi) is 9.83. The third-order valence-corrected chi connectivity index (χ3v) is 9.48. The molecule has 1 aromatic heterocycles. The molecule has 0 radical (unpaired) electrons. The Morgan fingerprint density at radius 2 is 1.30 bits per heavy atom. The van der Waals surface area contributed by atoms with E-state index in [1.54, 1.807) is 0 Å². The van der Waals surface area contributed by atoms with Crippen LogP contribution in [0.4, 0.5) is 0 Å². The van der Waals surface area contributed by atoms with E-state index >= 15 is 0 Å². The summed E-state index contributed by atoms with van der Waals surface area (Å²) < 4.78 is 0. The highest BCUT2D eigenvalue weighted by Gasteiger charge is 2.26. The topological polar surface area (TPSA) is 15.8 Å². The smallest absolute Gasteiger partial charge is 0.0464 e. The second-order valence-electron chi connectivity index (χ2n) is 12.3. The minimum atomic E-state index is 0.524. The summed E-state index contributed by atoms with van der Waals surface area (Å²) in [5.74, 6) is 1.08. The molecule has 1 heterocycles. The first-order valence-electron chi connectivity index (χ1n) is 17.1. The summed E-state index contributed by atoms with van der Waals surface area (Å²) in [4.78, 5) is 3.38. The number of fused-ring (bicyclic) bond motifs is 5. The maximum absolute atomic E-state index is 4.36. The number of aromatic nitrogens is 1. The highest BCUT2D eigenvalue weighted by Crippen LogP contribution is 2.42. The Balaban J connectivity index is 0.000000213. The van der Waals surface area contributed by atoms with E-state index in [2.05, 4.69) is 171 Å². The zero-order valence-corrected chi connectivity index (χ0v) is 28.1. The summed E-state index contributed by atoms with van der Waals surface area (Å²) in [6.07, 6.45) is 11.7. The van der Waals surface area contributed by atoms with E-state index in [4.69, 9.17) is 0 Å². The predicted octanol–water partition coefficient (Wildman–Crippen LogP) is 13.2. The van der Waals surface area contributed by atoms with E-state index in [0.717, 1.165) is 12.0 Å². The van der Waals surface area contributed by atoms with Gasteiger partial charge in [-0.3, -0.25) is 0 Å². The zero-order valence-electron chi connectivity index (χ0n) is 28.1. The molecule has 0 saturated carbocycles. The van der Waals surface area contributed by atoms with E-state index in [-0.39, 0.29) is 0 Å². The average molecular weight is 612 g/mol.